The van der Waals surface area contributed by atoms with E-state index in [1.54, 1.807) is 9.80 Å². The lowest BCUT2D eigenvalue weighted by Gasteiger charge is -2.17. The van der Waals surface area contributed by atoms with Gasteiger partial charge in [0.2, 0.25) is 0 Å². The summed E-state index contributed by atoms with van der Waals surface area (Å²) in [6.45, 7) is 0.656. The van der Waals surface area contributed by atoms with Gasteiger partial charge in [-0.15, -0.1) is 0 Å². The number of anilines is 2. The van der Waals surface area contributed by atoms with Crippen molar-refractivity contribution in [3.8, 4) is 0 Å². The van der Waals surface area contributed by atoms with E-state index < -0.39 is 0 Å². The van der Waals surface area contributed by atoms with E-state index in [4.69, 9.17) is 5.73 Å². The first-order chi connectivity index (χ1) is 9.66. The van der Waals surface area contributed by atoms with Gasteiger partial charge in [-0.3, -0.25) is 4.90 Å². The van der Waals surface area contributed by atoms with Crippen molar-refractivity contribution in [3.05, 3.63) is 60.2 Å². The monoisotopic (exact) mass is 267 g/mol. The first-order valence-electron chi connectivity index (χ1n) is 6.61. The van der Waals surface area contributed by atoms with E-state index in [1.807, 2.05) is 49.5 Å². The van der Waals surface area contributed by atoms with Crippen LogP contribution in [0.1, 0.15) is 11.6 Å². The van der Waals surface area contributed by atoms with E-state index in [0.29, 0.717) is 12.2 Å². The van der Waals surface area contributed by atoms with Crippen molar-refractivity contribution in [2.24, 2.45) is 0 Å². The number of hydrogen-bond donors (Lipinski definition) is 1. The number of carbonyl (C=O) groups is 1. The molecule has 0 spiro atoms. The molecule has 4 nitrogen and oxygen atoms in total. The summed E-state index contributed by atoms with van der Waals surface area (Å²) in [7, 11) is 1.84. The maximum absolute atomic E-state index is 12.4. The molecule has 1 fully saturated rings. The molecule has 102 valence electrons. The van der Waals surface area contributed by atoms with E-state index in [-0.39, 0.29) is 12.1 Å². The smallest absolute Gasteiger partial charge is 0.324 e. The second-order valence-corrected chi connectivity index (χ2v) is 5.02. The predicted octanol–water partition coefficient (Wildman–Crippen LogP) is 2.88. The number of nitrogens with two attached hydrogens (primary N) is 1. The van der Waals surface area contributed by atoms with Crippen LogP contribution in [0.25, 0.3) is 0 Å². The highest BCUT2D eigenvalue weighted by molar-refractivity contribution is 5.94. The first-order valence-corrected chi connectivity index (χ1v) is 6.61. The van der Waals surface area contributed by atoms with Crippen LogP contribution in [-0.4, -0.2) is 24.5 Å². The maximum Gasteiger partial charge on any atom is 0.324 e. The number of amides is 2. The third-order valence-corrected chi connectivity index (χ3v) is 3.74. The maximum atomic E-state index is 12.4. The number of benzene rings is 2. The van der Waals surface area contributed by atoms with Crippen molar-refractivity contribution in [1.82, 2.24) is 4.90 Å². The van der Waals surface area contributed by atoms with Crippen LogP contribution in [0.4, 0.5) is 16.2 Å². The molecule has 1 unspecified atom stereocenters. The molecule has 0 saturated carbocycles. The summed E-state index contributed by atoms with van der Waals surface area (Å²) in [5.41, 5.74) is 8.43. The number of hydrogen-bond acceptors (Lipinski definition) is 2. The van der Waals surface area contributed by atoms with Crippen LogP contribution in [-0.2, 0) is 0 Å². The number of rotatable bonds is 2. The van der Waals surface area contributed by atoms with Crippen LogP contribution in [0, 0.1) is 0 Å². The lowest BCUT2D eigenvalue weighted by molar-refractivity contribution is 0.219. The number of urea groups is 1. The van der Waals surface area contributed by atoms with Gasteiger partial charge in [0.1, 0.15) is 0 Å². The van der Waals surface area contributed by atoms with E-state index in [2.05, 4.69) is 12.1 Å². The molecule has 1 aliphatic heterocycles. The van der Waals surface area contributed by atoms with E-state index >= 15 is 0 Å². The molecule has 4 heteroatoms. The fraction of sp³-hybridized carbons (Fsp3) is 0.188. The molecule has 2 aromatic rings. The molecular formula is C16H17N3O. The van der Waals surface area contributed by atoms with Gasteiger partial charge in [-0.25, -0.2) is 4.79 Å². The van der Waals surface area contributed by atoms with Crippen LogP contribution >= 0.6 is 0 Å². The predicted molar refractivity (Wildman–Crippen MR) is 80.5 cm³/mol. The van der Waals surface area contributed by atoms with E-state index in [0.717, 1.165) is 11.3 Å². The second-order valence-electron chi connectivity index (χ2n) is 5.02. The first kappa shape index (κ1) is 12.5. The Balaban J connectivity index is 1.89. The summed E-state index contributed by atoms with van der Waals surface area (Å²) in [4.78, 5) is 16.0. The molecule has 2 aromatic carbocycles. The zero-order valence-electron chi connectivity index (χ0n) is 11.4. The Kier molecular flexibility index (Phi) is 3.06. The van der Waals surface area contributed by atoms with Crippen molar-refractivity contribution >= 4 is 17.4 Å². The SMILES string of the molecule is CN1C(=O)N(c2ccc(N)cc2)CC1c1ccccc1. The average Bonchev–Trinajstić information content (AvgIpc) is 2.77. The Bertz CT molecular complexity index is 609. The molecule has 0 aliphatic carbocycles. The summed E-state index contributed by atoms with van der Waals surface area (Å²) in [5, 5.41) is 0. The van der Waals surface area contributed by atoms with Crippen molar-refractivity contribution < 1.29 is 4.79 Å². The van der Waals surface area contributed by atoms with Crippen LogP contribution in [0.3, 0.4) is 0 Å². The lowest BCUT2D eigenvalue weighted by Crippen LogP contribution is -2.29. The zero-order valence-corrected chi connectivity index (χ0v) is 11.4. The number of carbonyl (C=O) groups excluding carboxylic acids is 1. The summed E-state index contributed by atoms with van der Waals surface area (Å²) in [6.07, 6.45) is 0. The molecule has 0 bridgehead atoms. The second kappa shape index (κ2) is 4.89. The van der Waals surface area contributed by atoms with Gasteiger partial charge >= 0.3 is 6.03 Å². The highest BCUT2D eigenvalue weighted by Gasteiger charge is 2.36. The molecule has 3 rings (SSSR count). The van der Waals surface area contributed by atoms with Gasteiger partial charge in [-0.05, 0) is 29.8 Å². The van der Waals surface area contributed by atoms with Gasteiger partial charge in [0, 0.05) is 18.4 Å². The molecule has 1 saturated heterocycles. The molecular weight excluding hydrogens is 250 g/mol. The summed E-state index contributed by atoms with van der Waals surface area (Å²) < 4.78 is 0. The summed E-state index contributed by atoms with van der Waals surface area (Å²) >= 11 is 0. The van der Waals surface area contributed by atoms with Gasteiger partial charge in [0.15, 0.2) is 0 Å². The minimum Gasteiger partial charge on any atom is -0.399 e. The number of nitrogen functional groups attached to an aromatic ring is 1. The van der Waals surface area contributed by atoms with Gasteiger partial charge in [-0.1, -0.05) is 30.3 Å². The molecule has 1 aliphatic rings. The Labute approximate surface area is 118 Å². The minimum atomic E-state index is 0.0172. The number of likely N-dealkylation sites (N-methyl/N-ethyl adjacent to an activating group) is 1. The number of nitrogens with zero attached hydrogens (tertiary/aromatic N) is 2. The zero-order chi connectivity index (χ0) is 14.1. The molecule has 20 heavy (non-hydrogen) atoms. The highest BCUT2D eigenvalue weighted by Crippen LogP contribution is 2.31. The fourth-order valence-corrected chi connectivity index (χ4v) is 2.57. The third-order valence-electron chi connectivity index (χ3n) is 3.74. The van der Waals surface area contributed by atoms with E-state index in [1.165, 1.54) is 0 Å². The fourth-order valence-electron chi connectivity index (χ4n) is 2.57. The van der Waals surface area contributed by atoms with Crippen molar-refractivity contribution in [2.45, 2.75) is 6.04 Å². The van der Waals surface area contributed by atoms with Gasteiger partial charge in [0.05, 0.1) is 12.6 Å². The molecule has 0 aromatic heterocycles. The normalized spacial score (nSPS) is 18.6. The van der Waals surface area contributed by atoms with Crippen molar-refractivity contribution in [3.63, 3.8) is 0 Å². The van der Waals surface area contributed by atoms with Gasteiger partial charge in [-0.2, -0.15) is 0 Å². The largest absolute Gasteiger partial charge is 0.399 e. The summed E-state index contributed by atoms with van der Waals surface area (Å²) in [6, 6.07) is 17.6. The molecule has 0 radical (unpaired) electrons. The third kappa shape index (κ3) is 2.09. The molecule has 1 atom stereocenters. The van der Waals surface area contributed by atoms with Gasteiger partial charge in [0.25, 0.3) is 0 Å². The van der Waals surface area contributed by atoms with Crippen LogP contribution < -0.4 is 10.6 Å². The quantitative estimate of drug-likeness (QED) is 0.851. The van der Waals surface area contributed by atoms with E-state index in [9.17, 15) is 4.79 Å². The van der Waals surface area contributed by atoms with Crippen molar-refractivity contribution in [1.29, 1.82) is 0 Å². The Hall–Kier alpha value is -2.49. The molecule has 1 heterocycles. The standard InChI is InChI=1S/C16H17N3O/c1-18-15(12-5-3-2-4-6-12)11-19(16(18)20)14-9-7-13(17)8-10-14/h2-10,15H,11,17H2,1H3. The highest BCUT2D eigenvalue weighted by atomic mass is 16.2. The minimum absolute atomic E-state index is 0.0172. The lowest BCUT2D eigenvalue weighted by atomic mass is 10.1. The van der Waals surface area contributed by atoms with Crippen molar-refractivity contribution in [2.75, 3.05) is 24.2 Å². The Morgan fingerprint density at radius 2 is 1.70 bits per heavy atom. The van der Waals surface area contributed by atoms with Crippen LogP contribution in [0.5, 0.6) is 0 Å². The molecule has 2 amide bonds. The molecule has 2 N–H and O–H groups in total. The average molecular weight is 267 g/mol. The van der Waals surface area contributed by atoms with Crippen LogP contribution in [0.2, 0.25) is 0 Å². The van der Waals surface area contributed by atoms with Crippen LogP contribution in [0.15, 0.2) is 54.6 Å². The Morgan fingerprint density at radius 3 is 2.35 bits per heavy atom. The van der Waals surface area contributed by atoms with Gasteiger partial charge < -0.3 is 10.6 Å². The topological polar surface area (TPSA) is 49.6 Å². The summed E-state index contributed by atoms with van der Waals surface area (Å²) in [5.74, 6) is 0. The Morgan fingerprint density at radius 1 is 1.05 bits per heavy atom.